The lowest BCUT2D eigenvalue weighted by molar-refractivity contribution is 0.146. The molecule has 0 aromatic carbocycles. The number of halogens is 2. The Balaban J connectivity index is 2.82. The zero-order valence-corrected chi connectivity index (χ0v) is 8.37. The molecule has 1 rings (SSSR count). The summed E-state index contributed by atoms with van der Waals surface area (Å²) in [6.07, 6.45) is -1.53. The van der Waals surface area contributed by atoms with E-state index >= 15 is 0 Å². The van der Waals surface area contributed by atoms with Crippen molar-refractivity contribution in [1.29, 1.82) is 0 Å². The van der Waals surface area contributed by atoms with E-state index in [0.29, 0.717) is 5.82 Å². The topological polar surface area (TPSA) is 16.1 Å². The molecule has 1 aromatic heterocycles. The highest BCUT2D eigenvalue weighted by atomic mass is 19.3. The predicted molar refractivity (Wildman–Crippen MR) is 52.8 cm³/mol. The van der Waals surface area contributed by atoms with Crippen LogP contribution in [0.3, 0.4) is 0 Å². The number of anilines is 1. The molecule has 0 aliphatic carbocycles. The van der Waals surface area contributed by atoms with Crippen LogP contribution in [0.4, 0.5) is 14.6 Å². The Morgan fingerprint density at radius 3 is 2.71 bits per heavy atom. The van der Waals surface area contributed by atoms with Gasteiger partial charge in [0.05, 0.1) is 0 Å². The molecule has 0 saturated heterocycles. The molecule has 0 bridgehead atoms. The van der Waals surface area contributed by atoms with Gasteiger partial charge in [-0.05, 0) is 18.6 Å². The number of nitrogens with zero attached hydrogens (tertiary/aromatic N) is 2. The Hall–Kier alpha value is -1.19. The molecule has 0 N–H and O–H groups in total. The molecule has 78 valence electrons. The van der Waals surface area contributed by atoms with Gasteiger partial charge in [-0.2, -0.15) is 0 Å². The first-order chi connectivity index (χ1) is 6.65. The second-order valence-corrected chi connectivity index (χ2v) is 3.14. The van der Waals surface area contributed by atoms with E-state index in [9.17, 15) is 8.78 Å². The molecule has 0 atom stereocenters. The van der Waals surface area contributed by atoms with Crippen molar-refractivity contribution < 1.29 is 8.78 Å². The summed E-state index contributed by atoms with van der Waals surface area (Å²) in [6.45, 7) is 2.85. The van der Waals surface area contributed by atoms with Crippen molar-refractivity contribution in [3.05, 3.63) is 23.9 Å². The lowest BCUT2D eigenvalue weighted by atomic mass is 10.3. The molecule has 0 fully saturated rings. The summed E-state index contributed by atoms with van der Waals surface area (Å²) >= 11 is 0. The zero-order valence-electron chi connectivity index (χ0n) is 8.37. The highest BCUT2D eigenvalue weighted by Crippen LogP contribution is 2.19. The standard InChI is InChI=1S/C10H14F2N2/c1-3-7-14(2)9-6-4-5-8(13-9)10(11)12/h4-6,10H,3,7H2,1-2H3. The van der Waals surface area contributed by atoms with Gasteiger partial charge in [-0.15, -0.1) is 0 Å². The van der Waals surface area contributed by atoms with E-state index in [4.69, 9.17) is 0 Å². The van der Waals surface area contributed by atoms with Crippen LogP contribution in [0.1, 0.15) is 25.5 Å². The quantitative estimate of drug-likeness (QED) is 0.743. The first kappa shape index (κ1) is 10.9. The van der Waals surface area contributed by atoms with Crippen LogP contribution in [0, 0.1) is 0 Å². The van der Waals surface area contributed by atoms with Gasteiger partial charge in [0.25, 0.3) is 6.43 Å². The molecule has 4 heteroatoms. The average Bonchev–Trinajstić information content (AvgIpc) is 2.18. The van der Waals surface area contributed by atoms with Crippen molar-refractivity contribution in [2.45, 2.75) is 19.8 Å². The van der Waals surface area contributed by atoms with Crippen molar-refractivity contribution in [2.24, 2.45) is 0 Å². The van der Waals surface area contributed by atoms with Crippen LogP contribution in [0.15, 0.2) is 18.2 Å². The molecular weight excluding hydrogens is 186 g/mol. The van der Waals surface area contributed by atoms with Gasteiger partial charge in [-0.25, -0.2) is 13.8 Å². The van der Waals surface area contributed by atoms with Crippen LogP contribution in [0.5, 0.6) is 0 Å². The van der Waals surface area contributed by atoms with E-state index in [0.717, 1.165) is 13.0 Å². The van der Waals surface area contributed by atoms with Gasteiger partial charge in [0.2, 0.25) is 0 Å². The van der Waals surface area contributed by atoms with Gasteiger partial charge in [-0.1, -0.05) is 13.0 Å². The van der Waals surface area contributed by atoms with E-state index in [1.54, 1.807) is 12.1 Å². The largest absolute Gasteiger partial charge is 0.360 e. The molecule has 2 nitrogen and oxygen atoms in total. The summed E-state index contributed by atoms with van der Waals surface area (Å²) in [7, 11) is 1.85. The van der Waals surface area contributed by atoms with Crippen molar-refractivity contribution in [2.75, 3.05) is 18.5 Å². The monoisotopic (exact) mass is 200 g/mol. The van der Waals surface area contributed by atoms with Gasteiger partial charge in [0.15, 0.2) is 0 Å². The van der Waals surface area contributed by atoms with Crippen LogP contribution >= 0.6 is 0 Å². The number of hydrogen-bond acceptors (Lipinski definition) is 2. The van der Waals surface area contributed by atoms with Crippen LogP contribution < -0.4 is 4.90 Å². The number of aromatic nitrogens is 1. The second-order valence-electron chi connectivity index (χ2n) is 3.14. The molecule has 0 amide bonds. The van der Waals surface area contributed by atoms with Crippen LogP contribution in [-0.2, 0) is 0 Å². The third-order valence-corrected chi connectivity index (χ3v) is 1.93. The van der Waals surface area contributed by atoms with Gasteiger partial charge in [0.1, 0.15) is 11.5 Å². The van der Waals surface area contributed by atoms with E-state index in [-0.39, 0.29) is 5.69 Å². The first-order valence-electron chi connectivity index (χ1n) is 4.61. The van der Waals surface area contributed by atoms with E-state index in [1.165, 1.54) is 6.07 Å². The molecule has 0 radical (unpaired) electrons. The van der Waals surface area contributed by atoms with Gasteiger partial charge in [0, 0.05) is 13.6 Å². The van der Waals surface area contributed by atoms with Crippen LogP contribution in [0.2, 0.25) is 0 Å². The Kier molecular flexibility index (Phi) is 3.80. The maximum Gasteiger partial charge on any atom is 0.280 e. The minimum atomic E-state index is -2.50. The van der Waals surface area contributed by atoms with E-state index in [2.05, 4.69) is 4.98 Å². The zero-order chi connectivity index (χ0) is 10.6. The highest BCUT2D eigenvalue weighted by molar-refractivity contribution is 5.38. The molecule has 0 aliphatic rings. The third-order valence-electron chi connectivity index (χ3n) is 1.93. The first-order valence-corrected chi connectivity index (χ1v) is 4.61. The van der Waals surface area contributed by atoms with Gasteiger partial charge >= 0.3 is 0 Å². The summed E-state index contributed by atoms with van der Waals surface area (Å²) in [6, 6.07) is 4.69. The molecule has 1 heterocycles. The van der Waals surface area contributed by atoms with E-state index < -0.39 is 6.43 Å². The third kappa shape index (κ3) is 2.65. The maximum atomic E-state index is 12.3. The lowest BCUT2D eigenvalue weighted by Crippen LogP contribution is -2.19. The van der Waals surface area contributed by atoms with Crippen molar-refractivity contribution in [1.82, 2.24) is 4.98 Å². The second kappa shape index (κ2) is 4.88. The molecule has 1 aromatic rings. The van der Waals surface area contributed by atoms with Crippen LogP contribution in [0.25, 0.3) is 0 Å². The normalized spacial score (nSPS) is 10.6. The molecule has 0 unspecified atom stereocenters. The molecule has 0 aliphatic heterocycles. The lowest BCUT2D eigenvalue weighted by Gasteiger charge is -2.17. The molecule has 14 heavy (non-hydrogen) atoms. The van der Waals surface area contributed by atoms with Crippen molar-refractivity contribution in [3.8, 4) is 0 Å². The Morgan fingerprint density at radius 1 is 1.43 bits per heavy atom. The number of hydrogen-bond donors (Lipinski definition) is 0. The Morgan fingerprint density at radius 2 is 2.14 bits per heavy atom. The maximum absolute atomic E-state index is 12.3. The fourth-order valence-electron chi connectivity index (χ4n) is 1.22. The average molecular weight is 200 g/mol. The summed E-state index contributed by atoms with van der Waals surface area (Å²) in [5.74, 6) is 0.602. The summed E-state index contributed by atoms with van der Waals surface area (Å²) in [4.78, 5) is 5.73. The SMILES string of the molecule is CCCN(C)c1cccc(C(F)F)n1. The van der Waals surface area contributed by atoms with Crippen molar-refractivity contribution in [3.63, 3.8) is 0 Å². The van der Waals surface area contributed by atoms with E-state index in [1.807, 2.05) is 18.9 Å². The molecule has 0 spiro atoms. The van der Waals surface area contributed by atoms with Crippen LogP contribution in [-0.4, -0.2) is 18.6 Å². The van der Waals surface area contributed by atoms with Crippen molar-refractivity contribution >= 4 is 5.82 Å². The number of pyridine rings is 1. The fraction of sp³-hybridized carbons (Fsp3) is 0.500. The number of alkyl halides is 2. The summed E-state index contributed by atoms with van der Waals surface area (Å²) in [5, 5.41) is 0. The molecule has 0 saturated carbocycles. The minimum Gasteiger partial charge on any atom is -0.360 e. The Bertz CT molecular complexity index is 289. The summed E-state index contributed by atoms with van der Waals surface area (Å²) in [5.41, 5.74) is -0.162. The van der Waals surface area contributed by atoms with Gasteiger partial charge < -0.3 is 4.90 Å². The molecular formula is C10H14F2N2. The Labute approximate surface area is 82.6 Å². The smallest absolute Gasteiger partial charge is 0.280 e. The minimum absolute atomic E-state index is 0.162. The summed E-state index contributed by atoms with van der Waals surface area (Å²) < 4.78 is 24.6. The van der Waals surface area contributed by atoms with Gasteiger partial charge in [-0.3, -0.25) is 0 Å². The highest BCUT2D eigenvalue weighted by Gasteiger charge is 2.10. The fourth-order valence-corrected chi connectivity index (χ4v) is 1.22. The number of rotatable bonds is 4. The predicted octanol–water partition coefficient (Wildman–Crippen LogP) is 2.87.